The minimum atomic E-state index is -0.474. The Hall–Kier alpha value is -3.94. The third kappa shape index (κ3) is 4.07. The van der Waals surface area contributed by atoms with Gasteiger partial charge in [-0.25, -0.2) is 5.01 Å². The number of non-ortho nitro benzene ring substituents is 1. The number of nitro groups is 1. The van der Waals surface area contributed by atoms with Crippen molar-refractivity contribution in [3.63, 3.8) is 0 Å². The van der Waals surface area contributed by atoms with Crippen molar-refractivity contribution in [2.24, 2.45) is 5.10 Å². The standard InChI is InChI=1S/C22H20N4O4/c1-15-7-9-16(10-8-15)19-13-20(21-6-3-11-30-21)25(24-19)22(27)14-23-17-4-2-5-18(12-17)26(28)29/h2-12,20,23H,13-14H2,1H3/t20-/m0/s1. The zero-order chi connectivity index (χ0) is 21.1. The van der Waals surface area contributed by atoms with Crippen LogP contribution >= 0.6 is 0 Å². The quantitative estimate of drug-likeness (QED) is 0.488. The smallest absolute Gasteiger partial charge is 0.271 e. The predicted molar refractivity (Wildman–Crippen MR) is 112 cm³/mol. The Kier molecular flexibility index (Phi) is 5.30. The van der Waals surface area contributed by atoms with Crippen molar-refractivity contribution < 1.29 is 14.1 Å². The summed E-state index contributed by atoms with van der Waals surface area (Å²) in [5.74, 6) is 0.398. The highest BCUT2D eigenvalue weighted by atomic mass is 16.6. The summed E-state index contributed by atoms with van der Waals surface area (Å²) >= 11 is 0. The molecule has 1 aliphatic heterocycles. The zero-order valence-corrected chi connectivity index (χ0v) is 16.3. The van der Waals surface area contributed by atoms with Crippen LogP contribution in [0.5, 0.6) is 0 Å². The molecule has 1 aromatic heterocycles. The van der Waals surface area contributed by atoms with E-state index in [1.54, 1.807) is 24.5 Å². The van der Waals surface area contributed by atoms with Crippen LogP contribution in [-0.4, -0.2) is 28.1 Å². The Morgan fingerprint density at radius 2 is 2.03 bits per heavy atom. The molecule has 8 heteroatoms. The molecule has 8 nitrogen and oxygen atoms in total. The van der Waals surface area contributed by atoms with Gasteiger partial charge in [-0.3, -0.25) is 14.9 Å². The fourth-order valence-electron chi connectivity index (χ4n) is 3.35. The van der Waals surface area contributed by atoms with Crippen LogP contribution in [-0.2, 0) is 4.79 Å². The summed E-state index contributed by atoms with van der Waals surface area (Å²) in [6.45, 7) is 1.96. The lowest BCUT2D eigenvalue weighted by atomic mass is 10.0. The Morgan fingerprint density at radius 1 is 1.23 bits per heavy atom. The number of hydrogen-bond acceptors (Lipinski definition) is 6. The van der Waals surface area contributed by atoms with Crippen LogP contribution in [0.3, 0.4) is 0 Å². The first-order valence-electron chi connectivity index (χ1n) is 9.49. The van der Waals surface area contributed by atoms with Crippen molar-refractivity contribution in [3.05, 3.63) is 93.9 Å². The molecule has 30 heavy (non-hydrogen) atoms. The van der Waals surface area contributed by atoms with Gasteiger partial charge in [0.05, 0.1) is 23.4 Å². The average molecular weight is 404 g/mol. The first-order chi connectivity index (χ1) is 14.5. The molecule has 0 fully saturated rings. The normalized spacial score (nSPS) is 15.7. The first kappa shape index (κ1) is 19.4. The first-order valence-corrected chi connectivity index (χ1v) is 9.49. The molecule has 0 saturated carbocycles. The number of rotatable bonds is 6. The van der Waals surface area contributed by atoms with Crippen LogP contribution in [0.2, 0.25) is 0 Å². The lowest BCUT2D eigenvalue weighted by Crippen LogP contribution is -2.32. The third-order valence-corrected chi connectivity index (χ3v) is 4.92. The summed E-state index contributed by atoms with van der Waals surface area (Å²) in [6.07, 6.45) is 2.11. The Bertz CT molecular complexity index is 1090. The van der Waals surface area contributed by atoms with E-state index in [1.807, 2.05) is 37.3 Å². The lowest BCUT2D eigenvalue weighted by Gasteiger charge is -2.20. The van der Waals surface area contributed by atoms with E-state index < -0.39 is 4.92 Å². The number of carbonyl (C=O) groups excluding carboxylic acids is 1. The van der Waals surface area contributed by atoms with Crippen LogP contribution in [0, 0.1) is 17.0 Å². The van der Waals surface area contributed by atoms with Crippen LogP contribution < -0.4 is 5.32 Å². The number of hydrogen-bond donors (Lipinski definition) is 1. The van der Waals surface area contributed by atoms with Crippen molar-refractivity contribution in [1.29, 1.82) is 0 Å². The molecule has 1 amide bonds. The van der Waals surface area contributed by atoms with Crippen LogP contribution in [0.1, 0.15) is 29.3 Å². The molecule has 152 valence electrons. The van der Waals surface area contributed by atoms with E-state index in [9.17, 15) is 14.9 Å². The maximum Gasteiger partial charge on any atom is 0.271 e. The second-order valence-electron chi connectivity index (χ2n) is 7.05. The zero-order valence-electron chi connectivity index (χ0n) is 16.3. The van der Waals surface area contributed by atoms with E-state index in [0.717, 1.165) is 16.8 Å². The molecular weight excluding hydrogens is 384 g/mol. The molecule has 0 unspecified atom stereocenters. The molecule has 0 spiro atoms. The van der Waals surface area contributed by atoms with E-state index in [2.05, 4.69) is 10.4 Å². The number of nitro benzene ring substituents is 1. The number of hydrazone groups is 1. The number of carbonyl (C=O) groups is 1. The van der Waals surface area contributed by atoms with Gasteiger partial charge in [0.15, 0.2) is 0 Å². The van der Waals surface area contributed by atoms with Gasteiger partial charge in [0.25, 0.3) is 11.6 Å². The van der Waals surface area contributed by atoms with Crippen molar-refractivity contribution in [3.8, 4) is 0 Å². The van der Waals surface area contributed by atoms with Crippen molar-refractivity contribution in [1.82, 2.24) is 5.01 Å². The Labute approximate surface area is 173 Å². The average Bonchev–Trinajstić information content (AvgIpc) is 3.42. The number of anilines is 1. The van der Waals surface area contributed by atoms with Crippen LogP contribution in [0.4, 0.5) is 11.4 Å². The highest BCUT2D eigenvalue weighted by molar-refractivity contribution is 6.03. The largest absolute Gasteiger partial charge is 0.467 e. The Balaban J connectivity index is 1.54. The van der Waals surface area contributed by atoms with E-state index in [0.29, 0.717) is 17.9 Å². The maximum atomic E-state index is 13.0. The Morgan fingerprint density at radius 3 is 2.73 bits per heavy atom. The topological polar surface area (TPSA) is 101 Å². The summed E-state index contributed by atoms with van der Waals surface area (Å²) in [6, 6.07) is 17.3. The van der Waals surface area contributed by atoms with Gasteiger partial charge in [0.2, 0.25) is 0 Å². The van der Waals surface area contributed by atoms with Crippen molar-refractivity contribution in [2.45, 2.75) is 19.4 Å². The minimum absolute atomic E-state index is 0.0400. The highest BCUT2D eigenvalue weighted by Gasteiger charge is 2.34. The molecule has 3 aromatic rings. The van der Waals surface area contributed by atoms with Gasteiger partial charge in [-0.2, -0.15) is 5.10 Å². The van der Waals surface area contributed by atoms with Gasteiger partial charge < -0.3 is 9.73 Å². The number of furan rings is 1. The molecular formula is C22H20N4O4. The van der Waals surface area contributed by atoms with Gasteiger partial charge >= 0.3 is 0 Å². The minimum Gasteiger partial charge on any atom is -0.467 e. The summed E-state index contributed by atoms with van der Waals surface area (Å²) in [4.78, 5) is 23.4. The molecule has 0 radical (unpaired) electrons. The van der Waals surface area contributed by atoms with E-state index >= 15 is 0 Å². The summed E-state index contributed by atoms with van der Waals surface area (Å²) in [7, 11) is 0. The van der Waals surface area contributed by atoms with Crippen LogP contribution in [0.15, 0.2) is 76.4 Å². The molecule has 1 atom stereocenters. The van der Waals surface area contributed by atoms with E-state index in [1.165, 1.54) is 17.1 Å². The molecule has 0 saturated heterocycles. The number of aryl methyl sites for hydroxylation is 1. The van der Waals surface area contributed by atoms with Gasteiger partial charge in [-0.15, -0.1) is 0 Å². The summed E-state index contributed by atoms with van der Waals surface area (Å²) in [5, 5.41) is 19.9. The summed E-state index contributed by atoms with van der Waals surface area (Å²) < 4.78 is 5.54. The molecule has 1 aliphatic rings. The van der Waals surface area contributed by atoms with Gasteiger partial charge in [0, 0.05) is 24.2 Å². The van der Waals surface area contributed by atoms with Gasteiger partial charge in [-0.1, -0.05) is 35.9 Å². The van der Waals surface area contributed by atoms with Gasteiger partial charge in [0.1, 0.15) is 11.8 Å². The maximum absolute atomic E-state index is 13.0. The second kappa shape index (κ2) is 8.20. The SMILES string of the molecule is Cc1ccc(C2=NN(C(=O)CNc3cccc([N+](=O)[O-])c3)[C@H](c3ccco3)C2)cc1. The van der Waals surface area contributed by atoms with Crippen LogP contribution in [0.25, 0.3) is 0 Å². The molecule has 0 bridgehead atoms. The number of amides is 1. The molecule has 2 heterocycles. The summed E-state index contributed by atoms with van der Waals surface area (Å²) in [5.41, 5.74) is 3.36. The number of nitrogens with one attached hydrogen (secondary N) is 1. The third-order valence-electron chi connectivity index (χ3n) is 4.92. The highest BCUT2D eigenvalue weighted by Crippen LogP contribution is 2.33. The number of benzene rings is 2. The molecule has 1 N–H and O–H groups in total. The molecule has 2 aromatic carbocycles. The fraction of sp³-hybridized carbons (Fsp3) is 0.182. The van der Waals surface area contributed by atoms with E-state index in [-0.39, 0.29) is 24.2 Å². The monoisotopic (exact) mass is 404 g/mol. The number of nitrogens with zero attached hydrogens (tertiary/aromatic N) is 3. The molecule has 4 rings (SSSR count). The van der Waals surface area contributed by atoms with Crippen molar-refractivity contribution in [2.75, 3.05) is 11.9 Å². The molecule has 0 aliphatic carbocycles. The lowest BCUT2D eigenvalue weighted by molar-refractivity contribution is -0.384. The predicted octanol–water partition coefficient (Wildman–Crippen LogP) is 4.29. The second-order valence-corrected chi connectivity index (χ2v) is 7.05. The van der Waals surface area contributed by atoms with E-state index in [4.69, 9.17) is 4.42 Å². The van der Waals surface area contributed by atoms with Gasteiger partial charge in [-0.05, 0) is 30.7 Å². The van der Waals surface area contributed by atoms with Crippen molar-refractivity contribution >= 4 is 23.0 Å². The fourth-order valence-corrected chi connectivity index (χ4v) is 3.35.